The second-order valence-corrected chi connectivity index (χ2v) is 3.94. The van der Waals surface area contributed by atoms with E-state index in [0.717, 1.165) is 23.7 Å². The topological polar surface area (TPSA) is 30.5 Å². The molecule has 0 atom stereocenters. The Hall–Kier alpha value is -0.770. The molecule has 0 saturated carbocycles. The Kier molecular flexibility index (Phi) is 7.01. The van der Waals surface area contributed by atoms with Gasteiger partial charge in [0.1, 0.15) is 0 Å². The van der Waals surface area contributed by atoms with E-state index in [0.29, 0.717) is 13.2 Å². The fourth-order valence-electron chi connectivity index (χ4n) is 1.52. The van der Waals surface area contributed by atoms with E-state index < -0.39 is 0 Å². The highest BCUT2D eigenvalue weighted by molar-refractivity contribution is 6.33. The summed E-state index contributed by atoms with van der Waals surface area (Å²) in [5, 5.41) is 4.00. The van der Waals surface area contributed by atoms with Gasteiger partial charge in [-0.15, -0.1) is 0 Å². The van der Waals surface area contributed by atoms with Gasteiger partial charge in [0, 0.05) is 26.2 Å². The van der Waals surface area contributed by atoms with E-state index in [1.54, 1.807) is 0 Å². The first-order valence-corrected chi connectivity index (χ1v) is 6.37. The van der Waals surface area contributed by atoms with E-state index in [9.17, 15) is 0 Å². The highest BCUT2D eigenvalue weighted by Crippen LogP contribution is 2.20. The highest BCUT2D eigenvalue weighted by atomic mass is 35.5. The molecule has 0 aliphatic heterocycles. The second-order valence-electron chi connectivity index (χ2n) is 3.54. The summed E-state index contributed by atoms with van der Waals surface area (Å²) in [4.78, 5) is 0. The molecule has 4 heteroatoms. The summed E-state index contributed by atoms with van der Waals surface area (Å²) < 4.78 is 10.9. The molecule has 0 spiro atoms. The van der Waals surface area contributed by atoms with Gasteiger partial charge in [0.25, 0.3) is 0 Å². The van der Waals surface area contributed by atoms with Crippen LogP contribution in [0.1, 0.15) is 20.3 Å². The summed E-state index contributed by atoms with van der Waals surface area (Å²) in [5.74, 6) is 0. The van der Waals surface area contributed by atoms with Gasteiger partial charge in [-0.1, -0.05) is 23.7 Å². The van der Waals surface area contributed by atoms with Gasteiger partial charge in [0.2, 0.25) is 0 Å². The molecule has 0 aliphatic rings. The Morgan fingerprint density at radius 3 is 2.41 bits per heavy atom. The lowest BCUT2D eigenvalue weighted by molar-refractivity contribution is -0.137. The minimum Gasteiger partial charge on any atom is -0.384 e. The summed E-state index contributed by atoms with van der Waals surface area (Å²) in [6.07, 6.45) is 0.660. The van der Waals surface area contributed by atoms with Gasteiger partial charge in [0.15, 0.2) is 6.29 Å². The Balaban J connectivity index is 2.33. The van der Waals surface area contributed by atoms with Crippen molar-refractivity contribution in [1.29, 1.82) is 0 Å². The SMILES string of the molecule is CCOC(CCNc1ccccc1Cl)OCC. The first-order valence-electron chi connectivity index (χ1n) is 5.99. The summed E-state index contributed by atoms with van der Waals surface area (Å²) in [6, 6.07) is 7.69. The summed E-state index contributed by atoms with van der Waals surface area (Å²) in [6.45, 7) is 6.03. The van der Waals surface area contributed by atoms with Crippen LogP contribution in [0.4, 0.5) is 5.69 Å². The Morgan fingerprint density at radius 1 is 1.18 bits per heavy atom. The monoisotopic (exact) mass is 257 g/mol. The first-order chi connectivity index (χ1) is 8.27. The molecule has 1 aromatic carbocycles. The van der Waals surface area contributed by atoms with Crippen molar-refractivity contribution in [2.24, 2.45) is 0 Å². The summed E-state index contributed by atoms with van der Waals surface area (Å²) >= 11 is 6.04. The number of hydrogen-bond acceptors (Lipinski definition) is 3. The molecule has 96 valence electrons. The lowest BCUT2D eigenvalue weighted by Gasteiger charge is -2.17. The maximum atomic E-state index is 6.04. The molecular weight excluding hydrogens is 238 g/mol. The first kappa shape index (κ1) is 14.3. The second kappa shape index (κ2) is 8.34. The lowest BCUT2D eigenvalue weighted by atomic mass is 10.3. The molecule has 0 saturated heterocycles. The molecular formula is C13H20ClNO2. The van der Waals surface area contributed by atoms with Crippen LogP contribution in [0.15, 0.2) is 24.3 Å². The van der Waals surface area contributed by atoms with Gasteiger partial charge < -0.3 is 14.8 Å². The third-order valence-electron chi connectivity index (χ3n) is 2.27. The van der Waals surface area contributed by atoms with E-state index in [1.807, 2.05) is 38.1 Å². The van der Waals surface area contributed by atoms with Crippen molar-refractivity contribution in [2.75, 3.05) is 25.1 Å². The minimum absolute atomic E-state index is 0.139. The smallest absolute Gasteiger partial charge is 0.159 e. The van der Waals surface area contributed by atoms with Crippen LogP contribution in [0.25, 0.3) is 0 Å². The minimum atomic E-state index is -0.139. The van der Waals surface area contributed by atoms with Crippen molar-refractivity contribution in [3.05, 3.63) is 29.3 Å². The highest BCUT2D eigenvalue weighted by Gasteiger charge is 2.07. The quantitative estimate of drug-likeness (QED) is 0.723. The van der Waals surface area contributed by atoms with Gasteiger partial charge in [-0.05, 0) is 26.0 Å². The van der Waals surface area contributed by atoms with Crippen LogP contribution in [-0.4, -0.2) is 26.0 Å². The molecule has 17 heavy (non-hydrogen) atoms. The van der Waals surface area contributed by atoms with Crippen LogP contribution in [0, 0.1) is 0 Å². The third kappa shape index (κ3) is 5.39. The molecule has 1 N–H and O–H groups in total. The number of anilines is 1. The van der Waals surface area contributed by atoms with Crippen molar-refractivity contribution in [2.45, 2.75) is 26.6 Å². The van der Waals surface area contributed by atoms with Gasteiger partial charge in [-0.25, -0.2) is 0 Å². The predicted octanol–water partition coefficient (Wildman–Crippen LogP) is 3.54. The summed E-state index contributed by atoms with van der Waals surface area (Å²) in [7, 11) is 0. The van der Waals surface area contributed by atoms with Gasteiger partial charge in [0.05, 0.1) is 10.7 Å². The number of nitrogens with one attached hydrogen (secondary N) is 1. The number of hydrogen-bond donors (Lipinski definition) is 1. The van der Waals surface area contributed by atoms with Crippen molar-refractivity contribution in [3.63, 3.8) is 0 Å². The van der Waals surface area contributed by atoms with E-state index in [1.165, 1.54) is 0 Å². The maximum absolute atomic E-state index is 6.04. The molecule has 0 aliphatic carbocycles. The molecule has 1 rings (SSSR count). The van der Waals surface area contributed by atoms with Crippen molar-refractivity contribution < 1.29 is 9.47 Å². The fraction of sp³-hybridized carbons (Fsp3) is 0.538. The number of para-hydroxylation sites is 1. The van der Waals surface area contributed by atoms with Crippen LogP contribution in [0.2, 0.25) is 5.02 Å². The largest absolute Gasteiger partial charge is 0.384 e. The predicted molar refractivity (Wildman–Crippen MR) is 71.6 cm³/mol. The average Bonchev–Trinajstić information content (AvgIpc) is 2.32. The molecule has 0 radical (unpaired) electrons. The van der Waals surface area contributed by atoms with Crippen molar-refractivity contribution in [1.82, 2.24) is 0 Å². The van der Waals surface area contributed by atoms with E-state index >= 15 is 0 Å². The van der Waals surface area contributed by atoms with Crippen LogP contribution in [0.5, 0.6) is 0 Å². The third-order valence-corrected chi connectivity index (χ3v) is 2.60. The molecule has 0 amide bonds. The maximum Gasteiger partial charge on any atom is 0.159 e. The molecule has 3 nitrogen and oxygen atoms in total. The van der Waals surface area contributed by atoms with Gasteiger partial charge >= 0.3 is 0 Å². The Morgan fingerprint density at radius 2 is 1.82 bits per heavy atom. The Bertz CT molecular complexity index is 314. The van der Waals surface area contributed by atoms with Crippen LogP contribution in [-0.2, 0) is 9.47 Å². The van der Waals surface area contributed by atoms with Crippen LogP contribution < -0.4 is 5.32 Å². The van der Waals surface area contributed by atoms with E-state index in [4.69, 9.17) is 21.1 Å². The van der Waals surface area contributed by atoms with E-state index in [2.05, 4.69) is 5.32 Å². The molecule has 0 fully saturated rings. The molecule has 0 heterocycles. The summed E-state index contributed by atoms with van der Waals surface area (Å²) in [5.41, 5.74) is 0.945. The molecule has 1 aromatic rings. The Labute approximate surface area is 108 Å². The van der Waals surface area contributed by atoms with Crippen LogP contribution >= 0.6 is 11.6 Å². The molecule has 0 aromatic heterocycles. The molecule has 0 bridgehead atoms. The standard InChI is InChI=1S/C13H20ClNO2/c1-3-16-13(17-4-2)9-10-15-12-8-6-5-7-11(12)14/h5-8,13,15H,3-4,9-10H2,1-2H3. The number of rotatable bonds is 8. The zero-order chi connectivity index (χ0) is 12.5. The fourth-order valence-corrected chi connectivity index (χ4v) is 1.72. The molecule has 0 unspecified atom stereocenters. The van der Waals surface area contributed by atoms with Crippen LogP contribution in [0.3, 0.4) is 0 Å². The normalized spacial score (nSPS) is 10.8. The van der Waals surface area contributed by atoms with Crippen molar-refractivity contribution >= 4 is 17.3 Å². The van der Waals surface area contributed by atoms with E-state index in [-0.39, 0.29) is 6.29 Å². The zero-order valence-electron chi connectivity index (χ0n) is 10.4. The van der Waals surface area contributed by atoms with Crippen molar-refractivity contribution in [3.8, 4) is 0 Å². The average molecular weight is 258 g/mol. The zero-order valence-corrected chi connectivity index (χ0v) is 11.2. The number of benzene rings is 1. The number of halogens is 1. The lowest BCUT2D eigenvalue weighted by Crippen LogP contribution is -2.21. The van der Waals surface area contributed by atoms with Gasteiger partial charge in [-0.3, -0.25) is 0 Å². The van der Waals surface area contributed by atoms with Gasteiger partial charge in [-0.2, -0.15) is 0 Å². The number of ether oxygens (including phenoxy) is 2.